The van der Waals surface area contributed by atoms with Crippen LogP contribution in [-0.2, 0) is 13.5 Å². The van der Waals surface area contributed by atoms with E-state index in [0.717, 1.165) is 17.0 Å². The first kappa shape index (κ1) is 16.4. The predicted octanol–water partition coefficient (Wildman–Crippen LogP) is 2.55. The van der Waals surface area contributed by atoms with E-state index >= 15 is 0 Å². The van der Waals surface area contributed by atoms with E-state index < -0.39 is 0 Å². The topological polar surface area (TPSA) is 76.9 Å². The SMILES string of the molecule is Cn1nc(C(=O)Nc2ccc(CC3CCCCC3)cn2)ccc1=O. The van der Waals surface area contributed by atoms with Crippen LogP contribution in [0.3, 0.4) is 0 Å². The molecule has 0 bridgehead atoms. The highest BCUT2D eigenvalue weighted by atomic mass is 16.2. The van der Waals surface area contributed by atoms with Crippen LogP contribution in [0.5, 0.6) is 0 Å². The summed E-state index contributed by atoms with van der Waals surface area (Å²) in [5, 5.41) is 6.64. The molecule has 0 unspecified atom stereocenters. The molecule has 0 radical (unpaired) electrons. The van der Waals surface area contributed by atoms with Crippen LogP contribution in [0, 0.1) is 5.92 Å². The fraction of sp³-hybridized carbons (Fsp3) is 0.444. The van der Waals surface area contributed by atoms with Crippen LogP contribution in [0.25, 0.3) is 0 Å². The lowest BCUT2D eigenvalue weighted by Crippen LogP contribution is -2.23. The number of rotatable bonds is 4. The highest BCUT2D eigenvalue weighted by Gasteiger charge is 2.14. The van der Waals surface area contributed by atoms with Gasteiger partial charge in [0, 0.05) is 19.3 Å². The average Bonchev–Trinajstić information content (AvgIpc) is 2.60. The van der Waals surface area contributed by atoms with Crippen molar-refractivity contribution >= 4 is 11.7 Å². The van der Waals surface area contributed by atoms with Crippen molar-refractivity contribution in [2.45, 2.75) is 38.5 Å². The summed E-state index contributed by atoms with van der Waals surface area (Å²) in [6.45, 7) is 0. The number of carbonyl (C=O) groups is 1. The molecule has 0 aromatic carbocycles. The maximum absolute atomic E-state index is 12.2. The molecule has 2 aromatic heterocycles. The van der Waals surface area contributed by atoms with E-state index in [0.29, 0.717) is 5.82 Å². The summed E-state index contributed by atoms with van der Waals surface area (Å²) >= 11 is 0. The van der Waals surface area contributed by atoms with Crippen molar-refractivity contribution in [3.8, 4) is 0 Å². The first-order valence-electron chi connectivity index (χ1n) is 8.42. The zero-order valence-electron chi connectivity index (χ0n) is 13.9. The molecule has 126 valence electrons. The highest BCUT2D eigenvalue weighted by molar-refractivity contribution is 6.02. The lowest BCUT2D eigenvalue weighted by molar-refractivity contribution is 0.101. The number of hydrogen-bond donors (Lipinski definition) is 1. The normalized spacial score (nSPS) is 15.2. The van der Waals surface area contributed by atoms with Crippen molar-refractivity contribution in [1.29, 1.82) is 0 Å². The van der Waals surface area contributed by atoms with E-state index in [1.165, 1.54) is 56.8 Å². The number of pyridine rings is 1. The van der Waals surface area contributed by atoms with E-state index in [1.807, 2.05) is 18.3 Å². The summed E-state index contributed by atoms with van der Waals surface area (Å²) in [5.41, 5.74) is 1.14. The largest absolute Gasteiger partial charge is 0.305 e. The summed E-state index contributed by atoms with van der Waals surface area (Å²) in [5.74, 6) is 0.872. The summed E-state index contributed by atoms with van der Waals surface area (Å²) in [7, 11) is 1.51. The number of anilines is 1. The lowest BCUT2D eigenvalue weighted by atomic mass is 9.85. The molecule has 3 rings (SSSR count). The number of aryl methyl sites for hydroxylation is 1. The number of amides is 1. The molecule has 2 aromatic rings. The Balaban J connectivity index is 1.61. The lowest BCUT2D eigenvalue weighted by Gasteiger charge is -2.21. The second kappa shape index (κ2) is 7.38. The Morgan fingerprint density at radius 3 is 2.67 bits per heavy atom. The maximum atomic E-state index is 12.2. The molecule has 1 N–H and O–H groups in total. The standard InChI is InChI=1S/C18H22N4O2/c1-22-17(23)10-8-15(21-22)18(24)20-16-9-7-14(12-19-16)11-13-5-3-2-4-6-13/h7-10,12-13H,2-6,11H2,1H3,(H,19,20,24). The van der Waals surface area contributed by atoms with E-state index in [9.17, 15) is 9.59 Å². The molecule has 6 nitrogen and oxygen atoms in total. The summed E-state index contributed by atoms with van der Waals surface area (Å²) in [4.78, 5) is 27.8. The van der Waals surface area contributed by atoms with E-state index in [1.54, 1.807) is 0 Å². The van der Waals surface area contributed by atoms with Crippen molar-refractivity contribution in [1.82, 2.24) is 14.8 Å². The molecule has 0 aliphatic heterocycles. The van der Waals surface area contributed by atoms with Crippen LogP contribution in [-0.4, -0.2) is 20.7 Å². The van der Waals surface area contributed by atoms with Crippen LogP contribution < -0.4 is 10.9 Å². The van der Waals surface area contributed by atoms with Crippen molar-refractivity contribution in [2.75, 3.05) is 5.32 Å². The Morgan fingerprint density at radius 2 is 2.00 bits per heavy atom. The van der Waals surface area contributed by atoms with Crippen LogP contribution in [0.15, 0.2) is 35.3 Å². The van der Waals surface area contributed by atoms with Gasteiger partial charge in [-0.15, -0.1) is 0 Å². The molecule has 1 aliphatic rings. The molecule has 1 saturated carbocycles. The van der Waals surface area contributed by atoms with Gasteiger partial charge in [0.1, 0.15) is 11.5 Å². The van der Waals surface area contributed by atoms with Gasteiger partial charge in [0.15, 0.2) is 0 Å². The summed E-state index contributed by atoms with van der Waals surface area (Å²) < 4.78 is 1.13. The predicted molar refractivity (Wildman–Crippen MR) is 91.9 cm³/mol. The number of nitrogens with one attached hydrogen (secondary N) is 1. The fourth-order valence-corrected chi connectivity index (χ4v) is 3.15. The minimum atomic E-state index is -0.377. The van der Waals surface area contributed by atoms with Crippen molar-refractivity contribution in [2.24, 2.45) is 13.0 Å². The minimum Gasteiger partial charge on any atom is -0.305 e. The Kier molecular flexibility index (Phi) is 5.03. The van der Waals surface area contributed by atoms with Crippen molar-refractivity contribution in [3.05, 3.63) is 52.1 Å². The van der Waals surface area contributed by atoms with Gasteiger partial charge in [-0.25, -0.2) is 9.67 Å². The molecule has 0 spiro atoms. The molecule has 0 saturated heterocycles. The van der Waals surface area contributed by atoms with Crippen molar-refractivity contribution < 1.29 is 4.79 Å². The zero-order valence-corrected chi connectivity index (χ0v) is 13.9. The quantitative estimate of drug-likeness (QED) is 0.937. The van der Waals surface area contributed by atoms with Gasteiger partial charge in [-0.1, -0.05) is 38.2 Å². The molecule has 24 heavy (non-hydrogen) atoms. The molecular formula is C18H22N4O2. The first-order valence-corrected chi connectivity index (χ1v) is 8.42. The first-order chi connectivity index (χ1) is 11.6. The Hall–Kier alpha value is -2.50. The molecule has 1 fully saturated rings. The van der Waals surface area contributed by atoms with Crippen LogP contribution >= 0.6 is 0 Å². The van der Waals surface area contributed by atoms with Gasteiger partial charge in [0.2, 0.25) is 0 Å². The monoisotopic (exact) mass is 326 g/mol. The smallest absolute Gasteiger partial charge is 0.277 e. The molecular weight excluding hydrogens is 304 g/mol. The van der Waals surface area contributed by atoms with Gasteiger partial charge in [0.05, 0.1) is 0 Å². The molecule has 1 amide bonds. The number of aromatic nitrogens is 3. The van der Waals surface area contributed by atoms with Crippen LogP contribution in [0.2, 0.25) is 0 Å². The third kappa shape index (κ3) is 4.07. The zero-order chi connectivity index (χ0) is 16.9. The molecule has 2 heterocycles. The fourth-order valence-electron chi connectivity index (χ4n) is 3.15. The third-order valence-corrected chi connectivity index (χ3v) is 4.51. The van der Waals surface area contributed by atoms with Gasteiger partial charge in [-0.3, -0.25) is 9.59 Å². The summed E-state index contributed by atoms with van der Waals surface area (Å²) in [6, 6.07) is 6.57. The number of carbonyl (C=O) groups excluding carboxylic acids is 1. The Labute approximate surface area is 140 Å². The number of hydrogen-bond acceptors (Lipinski definition) is 4. The van der Waals surface area contributed by atoms with Gasteiger partial charge in [-0.2, -0.15) is 5.10 Å². The Bertz CT molecular complexity index is 761. The number of nitrogens with zero attached hydrogens (tertiary/aromatic N) is 3. The maximum Gasteiger partial charge on any atom is 0.277 e. The Morgan fingerprint density at radius 1 is 1.21 bits per heavy atom. The van der Waals surface area contributed by atoms with E-state index in [2.05, 4.69) is 15.4 Å². The van der Waals surface area contributed by atoms with E-state index in [-0.39, 0.29) is 17.2 Å². The molecule has 1 aliphatic carbocycles. The highest BCUT2D eigenvalue weighted by Crippen LogP contribution is 2.26. The summed E-state index contributed by atoms with van der Waals surface area (Å²) in [6.07, 6.45) is 9.52. The van der Waals surface area contributed by atoms with E-state index in [4.69, 9.17) is 0 Å². The van der Waals surface area contributed by atoms with Crippen molar-refractivity contribution in [3.63, 3.8) is 0 Å². The van der Waals surface area contributed by atoms with Gasteiger partial charge < -0.3 is 5.32 Å². The minimum absolute atomic E-state index is 0.185. The molecule has 0 atom stereocenters. The second-order valence-electron chi connectivity index (χ2n) is 6.39. The second-order valence-corrected chi connectivity index (χ2v) is 6.39. The van der Waals surface area contributed by atoms with Crippen LogP contribution in [0.4, 0.5) is 5.82 Å². The van der Waals surface area contributed by atoms with Gasteiger partial charge >= 0.3 is 0 Å². The van der Waals surface area contributed by atoms with Gasteiger partial charge in [0.25, 0.3) is 11.5 Å². The average molecular weight is 326 g/mol. The molecule has 6 heteroatoms. The third-order valence-electron chi connectivity index (χ3n) is 4.51. The van der Waals surface area contributed by atoms with Crippen LogP contribution in [0.1, 0.15) is 48.2 Å². The van der Waals surface area contributed by atoms with Gasteiger partial charge in [-0.05, 0) is 30.0 Å².